The summed E-state index contributed by atoms with van der Waals surface area (Å²) in [6.45, 7) is 3.62. The van der Waals surface area contributed by atoms with Crippen molar-refractivity contribution in [2.75, 3.05) is 6.54 Å². The minimum atomic E-state index is -4.41. The zero-order chi connectivity index (χ0) is 29.5. The summed E-state index contributed by atoms with van der Waals surface area (Å²) in [5.41, 5.74) is 2.31. The van der Waals surface area contributed by atoms with Gasteiger partial charge in [0.25, 0.3) is 5.91 Å². The van der Waals surface area contributed by atoms with Crippen LogP contribution in [0, 0.1) is 24.7 Å². The molecule has 0 radical (unpaired) electrons. The van der Waals surface area contributed by atoms with E-state index >= 15 is 0 Å². The van der Waals surface area contributed by atoms with Crippen LogP contribution in [0.2, 0.25) is 0 Å². The second kappa shape index (κ2) is 11.0. The van der Waals surface area contributed by atoms with Crippen molar-refractivity contribution < 1.29 is 31.5 Å². The average Bonchev–Trinajstić information content (AvgIpc) is 3.55. The number of aryl methyl sites for hydroxylation is 2. The van der Waals surface area contributed by atoms with Crippen LogP contribution in [0.15, 0.2) is 24.5 Å². The molecule has 1 saturated heterocycles. The standard InChI is InChI=1S/C27H32F5N7O2/c1-3-38-21(6-9-34-38)25(41)36-23(16-4-7-26(28,29)8-5-16)20-14-39-22(35-20)10-15(2)19(37-39)12-17-11-18(27(30,31)32)13-33-24(17)40/h6,9-10,14,16-18,23H,3-5,7-8,11-13H2,1-2H3,(H,33,40)(H,36,41)/t17?,18-,23-/m0/s1. The Labute approximate surface area is 232 Å². The molecule has 0 spiro atoms. The van der Waals surface area contributed by atoms with Crippen LogP contribution in [0.25, 0.3) is 5.65 Å². The van der Waals surface area contributed by atoms with Crippen molar-refractivity contribution in [2.45, 2.75) is 77.1 Å². The van der Waals surface area contributed by atoms with Gasteiger partial charge >= 0.3 is 6.18 Å². The third kappa shape index (κ3) is 6.20. The predicted octanol–water partition coefficient (Wildman–Crippen LogP) is 4.41. The summed E-state index contributed by atoms with van der Waals surface area (Å²) in [5.74, 6) is -6.41. The number of hydrogen-bond donors (Lipinski definition) is 2. The van der Waals surface area contributed by atoms with Crippen molar-refractivity contribution in [3.63, 3.8) is 0 Å². The van der Waals surface area contributed by atoms with Crippen LogP contribution in [0.5, 0.6) is 0 Å². The smallest absolute Gasteiger partial charge is 0.355 e. The molecular formula is C27H32F5N7O2. The highest BCUT2D eigenvalue weighted by molar-refractivity contribution is 5.92. The summed E-state index contributed by atoms with van der Waals surface area (Å²) in [6, 6.07) is 2.62. The third-order valence-electron chi connectivity index (χ3n) is 8.21. The van der Waals surface area contributed by atoms with E-state index in [0.29, 0.717) is 34.8 Å². The monoisotopic (exact) mass is 581 g/mol. The number of imidazole rings is 1. The van der Waals surface area contributed by atoms with Crippen LogP contribution in [-0.4, -0.2) is 54.8 Å². The highest BCUT2D eigenvalue weighted by atomic mass is 19.4. The number of piperidine rings is 1. The fourth-order valence-electron chi connectivity index (χ4n) is 5.80. The lowest BCUT2D eigenvalue weighted by molar-refractivity contribution is -0.183. The van der Waals surface area contributed by atoms with Gasteiger partial charge in [0, 0.05) is 44.5 Å². The Morgan fingerprint density at radius 3 is 2.68 bits per heavy atom. The number of halogens is 5. The van der Waals surface area contributed by atoms with E-state index in [4.69, 9.17) is 0 Å². The number of nitrogens with one attached hydrogen (secondary N) is 2. The number of alkyl halides is 5. The van der Waals surface area contributed by atoms with E-state index in [-0.39, 0.29) is 44.4 Å². The van der Waals surface area contributed by atoms with E-state index in [2.05, 4.69) is 25.8 Å². The summed E-state index contributed by atoms with van der Waals surface area (Å²) in [5, 5.41) is 14.0. The molecule has 1 saturated carbocycles. The zero-order valence-electron chi connectivity index (χ0n) is 22.7. The summed E-state index contributed by atoms with van der Waals surface area (Å²) in [7, 11) is 0. The first-order valence-electron chi connectivity index (χ1n) is 13.8. The molecule has 1 unspecified atom stereocenters. The molecule has 2 amide bonds. The molecule has 2 fully saturated rings. The quantitative estimate of drug-likeness (QED) is 0.403. The van der Waals surface area contributed by atoms with Crippen molar-refractivity contribution in [2.24, 2.45) is 17.8 Å². The number of carbonyl (C=O) groups excluding carboxylic acids is 2. The van der Waals surface area contributed by atoms with Gasteiger partial charge in [0.1, 0.15) is 5.69 Å². The lowest BCUT2D eigenvalue weighted by atomic mass is 9.81. The van der Waals surface area contributed by atoms with Crippen molar-refractivity contribution in [3.8, 4) is 0 Å². The van der Waals surface area contributed by atoms with Crippen molar-refractivity contribution >= 4 is 17.5 Å². The van der Waals surface area contributed by atoms with E-state index in [0.717, 1.165) is 0 Å². The third-order valence-corrected chi connectivity index (χ3v) is 8.21. The maximum absolute atomic E-state index is 14.0. The second-order valence-corrected chi connectivity index (χ2v) is 11.0. The predicted molar refractivity (Wildman–Crippen MR) is 137 cm³/mol. The van der Waals surface area contributed by atoms with Crippen LogP contribution in [-0.2, 0) is 17.8 Å². The molecule has 222 valence electrons. The largest absolute Gasteiger partial charge is 0.393 e. The molecule has 3 aromatic rings. The van der Waals surface area contributed by atoms with Crippen molar-refractivity contribution in [1.82, 2.24) is 35.0 Å². The van der Waals surface area contributed by atoms with E-state index < -0.39 is 48.3 Å². The number of hydrogen-bond acceptors (Lipinski definition) is 5. The molecule has 3 atom stereocenters. The van der Waals surface area contributed by atoms with Crippen LogP contribution in [0.3, 0.4) is 0 Å². The maximum Gasteiger partial charge on any atom is 0.393 e. The Morgan fingerprint density at radius 1 is 1.27 bits per heavy atom. The first kappa shape index (κ1) is 28.9. The molecule has 1 aliphatic heterocycles. The van der Waals surface area contributed by atoms with Crippen LogP contribution >= 0.6 is 0 Å². The van der Waals surface area contributed by atoms with Crippen LogP contribution < -0.4 is 10.6 Å². The average molecular weight is 582 g/mol. The molecule has 2 aliphatic rings. The first-order valence-corrected chi connectivity index (χ1v) is 13.8. The van der Waals surface area contributed by atoms with Gasteiger partial charge in [-0.3, -0.25) is 14.3 Å². The molecule has 41 heavy (non-hydrogen) atoms. The second-order valence-electron chi connectivity index (χ2n) is 11.0. The summed E-state index contributed by atoms with van der Waals surface area (Å²) in [6.07, 6.45) is -1.81. The summed E-state index contributed by atoms with van der Waals surface area (Å²) in [4.78, 5) is 30.3. The van der Waals surface area contributed by atoms with Crippen molar-refractivity contribution in [3.05, 3.63) is 47.2 Å². The number of rotatable bonds is 7. The van der Waals surface area contributed by atoms with Gasteiger partial charge in [0.05, 0.1) is 29.5 Å². The van der Waals surface area contributed by atoms with E-state index in [1.165, 1.54) is 15.4 Å². The van der Waals surface area contributed by atoms with Gasteiger partial charge in [-0.2, -0.15) is 23.4 Å². The topological polar surface area (TPSA) is 106 Å². The Balaban J connectivity index is 1.43. The van der Waals surface area contributed by atoms with Gasteiger partial charge in [-0.05, 0) is 56.7 Å². The first-order chi connectivity index (χ1) is 19.3. The molecule has 0 bridgehead atoms. The fraction of sp³-hybridized carbons (Fsp3) is 0.593. The number of carbonyl (C=O) groups is 2. The Kier molecular flexibility index (Phi) is 7.77. The molecule has 0 aromatic carbocycles. The summed E-state index contributed by atoms with van der Waals surface area (Å²) >= 11 is 0. The lowest BCUT2D eigenvalue weighted by Gasteiger charge is -2.33. The molecule has 3 aromatic heterocycles. The highest BCUT2D eigenvalue weighted by Crippen LogP contribution is 2.41. The van der Waals surface area contributed by atoms with E-state index in [1.807, 2.05) is 6.92 Å². The number of fused-ring (bicyclic) bond motifs is 1. The Morgan fingerprint density at radius 2 is 2.00 bits per heavy atom. The SMILES string of the molecule is CCn1nccc1C(=O)N[C@H](c1cn2nc(CC3C[C@H](C(F)(F)F)CNC3=O)c(C)cc2n1)C1CCC(F)(F)CC1. The van der Waals surface area contributed by atoms with Gasteiger partial charge in [-0.25, -0.2) is 18.3 Å². The van der Waals surface area contributed by atoms with E-state index in [1.54, 1.807) is 25.3 Å². The van der Waals surface area contributed by atoms with Crippen LogP contribution in [0.1, 0.15) is 72.5 Å². The fourth-order valence-corrected chi connectivity index (χ4v) is 5.80. The number of amides is 2. The molecule has 2 N–H and O–H groups in total. The molecular weight excluding hydrogens is 549 g/mol. The van der Waals surface area contributed by atoms with Gasteiger partial charge < -0.3 is 10.6 Å². The maximum atomic E-state index is 14.0. The molecule has 5 rings (SSSR count). The number of aromatic nitrogens is 5. The highest BCUT2D eigenvalue weighted by Gasteiger charge is 2.45. The van der Waals surface area contributed by atoms with Gasteiger partial charge in [0.2, 0.25) is 11.8 Å². The number of nitrogens with zero attached hydrogens (tertiary/aromatic N) is 5. The van der Waals surface area contributed by atoms with Crippen molar-refractivity contribution in [1.29, 1.82) is 0 Å². The normalized spacial score (nSPS) is 22.5. The van der Waals surface area contributed by atoms with Gasteiger partial charge in [-0.15, -0.1) is 0 Å². The molecule has 9 nitrogen and oxygen atoms in total. The van der Waals surface area contributed by atoms with Gasteiger partial charge in [0.15, 0.2) is 5.65 Å². The van der Waals surface area contributed by atoms with Crippen LogP contribution in [0.4, 0.5) is 22.0 Å². The minimum absolute atomic E-state index is 0.0204. The Bertz CT molecular complexity index is 1420. The van der Waals surface area contributed by atoms with E-state index in [9.17, 15) is 31.5 Å². The lowest BCUT2D eigenvalue weighted by Crippen LogP contribution is -2.47. The zero-order valence-corrected chi connectivity index (χ0v) is 22.7. The summed E-state index contributed by atoms with van der Waals surface area (Å²) < 4.78 is 70.9. The molecule has 4 heterocycles. The Hall–Kier alpha value is -3.58. The molecule has 1 aliphatic carbocycles. The van der Waals surface area contributed by atoms with Gasteiger partial charge in [-0.1, -0.05) is 0 Å². The minimum Gasteiger partial charge on any atom is -0.355 e. The molecule has 14 heteroatoms.